The van der Waals surface area contributed by atoms with E-state index in [-0.39, 0.29) is 29.2 Å². The summed E-state index contributed by atoms with van der Waals surface area (Å²) in [6.07, 6.45) is 0.469. The quantitative estimate of drug-likeness (QED) is 0.233. The lowest BCUT2D eigenvalue weighted by atomic mass is 9.58. The normalized spacial score (nSPS) is 23.9. The summed E-state index contributed by atoms with van der Waals surface area (Å²) in [4.78, 5) is 44.0. The molecule has 4 atom stereocenters. The Morgan fingerprint density at radius 3 is 2.34 bits per heavy atom. The highest BCUT2D eigenvalue weighted by Crippen LogP contribution is 2.57. The van der Waals surface area contributed by atoms with Crippen LogP contribution in [0.5, 0.6) is 5.75 Å². The number of aliphatic hydroxyl groups excluding tert-OH is 2. The summed E-state index contributed by atoms with van der Waals surface area (Å²) in [6, 6.07) is 7.69. The predicted molar refractivity (Wildman–Crippen MR) is 179 cm³/mol. The number of fused-ring (bicyclic) bond motifs is 3. The van der Waals surface area contributed by atoms with E-state index in [1.165, 1.54) is 4.90 Å². The number of nitrogens with one attached hydrogen (secondary N) is 1. The number of benzene rings is 2. The molecular weight excluding hydrogens is 602 g/mol. The highest BCUT2D eigenvalue weighted by atomic mass is 16.4. The number of rotatable bonds is 8. The van der Waals surface area contributed by atoms with Gasteiger partial charge in [-0.05, 0) is 81.8 Å². The van der Waals surface area contributed by atoms with Crippen molar-refractivity contribution >= 4 is 28.9 Å². The van der Waals surface area contributed by atoms with Gasteiger partial charge >= 0.3 is 0 Å². The Hall–Kier alpha value is -4.65. The number of ketones is 1. The maximum Gasteiger partial charge on any atom is 0.255 e. The molecule has 0 spiro atoms. The van der Waals surface area contributed by atoms with Gasteiger partial charge in [0.2, 0.25) is 0 Å². The lowest BCUT2D eigenvalue weighted by molar-refractivity contribution is -0.136. The molecule has 0 heterocycles. The first-order chi connectivity index (χ1) is 22.0. The van der Waals surface area contributed by atoms with Gasteiger partial charge in [-0.25, -0.2) is 0 Å². The van der Waals surface area contributed by atoms with Gasteiger partial charge in [-0.3, -0.25) is 19.3 Å². The van der Waals surface area contributed by atoms with E-state index in [2.05, 4.69) is 11.9 Å². The number of phenolic OH excluding ortho intramolecular Hbond substituents is 1. The van der Waals surface area contributed by atoms with Crippen LogP contribution in [0.25, 0.3) is 16.7 Å². The zero-order valence-electron chi connectivity index (χ0n) is 27.6. The Kier molecular flexibility index (Phi) is 8.73. The van der Waals surface area contributed by atoms with Gasteiger partial charge in [-0.2, -0.15) is 0 Å². The lowest BCUT2D eigenvalue weighted by Crippen LogP contribution is -2.62. The standard InChI is InChI=1S/C35H43N5O7/c1-17-25-20(15-23-28(40(6)7)30(42)27(33(36)45)32(44)35(23,47)31(25)43)14-22-24(39(4)5)16-21(29(41)26(17)22)18-9-8-10-19(13-18)34(46)37-11-12-38(2)3/h8-10,13,16,20,23,28,41,43-44,47H,1,11-12,14-15H2,2-7H3,(H2,36,45)(H,37,46)/t20?,23-,28-,35-/m0/s1. The minimum atomic E-state index is -2.49. The van der Waals surface area contributed by atoms with E-state index >= 15 is 0 Å². The fourth-order valence-corrected chi connectivity index (χ4v) is 7.41. The van der Waals surface area contributed by atoms with Gasteiger partial charge in [-0.1, -0.05) is 18.7 Å². The van der Waals surface area contributed by atoms with E-state index in [1.807, 2.05) is 44.1 Å². The lowest BCUT2D eigenvalue weighted by Gasteiger charge is -2.51. The molecule has 0 saturated heterocycles. The zero-order chi connectivity index (χ0) is 34.7. The Morgan fingerprint density at radius 1 is 1.06 bits per heavy atom. The molecule has 12 heteroatoms. The van der Waals surface area contributed by atoms with Crippen molar-refractivity contribution in [3.05, 3.63) is 76.3 Å². The third-order valence-corrected chi connectivity index (χ3v) is 9.62. The highest BCUT2D eigenvalue weighted by molar-refractivity contribution is 6.22. The topological polar surface area (TPSA) is 180 Å². The van der Waals surface area contributed by atoms with Crippen LogP contribution >= 0.6 is 0 Å². The van der Waals surface area contributed by atoms with E-state index in [0.717, 1.165) is 11.3 Å². The molecule has 5 rings (SSSR count). The van der Waals surface area contributed by atoms with Crippen molar-refractivity contribution in [2.45, 2.75) is 24.5 Å². The van der Waals surface area contributed by atoms with Crippen LogP contribution in [0, 0.1) is 11.8 Å². The third-order valence-electron chi connectivity index (χ3n) is 9.62. The summed E-state index contributed by atoms with van der Waals surface area (Å²) in [5.41, 5.74) is 5.96. The number of nitrogens with two attached hydrogens (primary N) is 1. The van der Waals surface area contributed by atoms with E-state index in [9.17, 15) is 34.8 Å². The van der Waals surface area contributed by atoms with Crippen LogP contribution in [0.15, 0.2) is 59.6 Å². The molecule has 3 aliphatic carbocycles. The number of primary amides is 1. The molecule has 0 aromatic heterocycles. The van der Waals surface area contributed by atoms with Crippen molar-refractivity contribution in [3.63, 3.8) is 0 Å². The molecule has 2 aromatic rings. The largest absolute Gasteiger partial charge is 0.508 e. The molecule has 2 aromatic carbocycles. The van der Waals surface area contributed by atoms with Gasteiger partial charge < -0.3 is 41.3 Å². The maximum absolute atomic E-state index is 13.4. The van der Waals surface area contributed by atoms with E-state index in [4.69, 9.17) is 5.73 Å². The Labute approximate surface area is 274 Å². The van der Waals surface area contributed by atoms with Gasteiger partial charge in [0, 0.05) is 61.1 Å². The average molecular weight is 646 g/mol. The molecule has 0 aliphatic heterocycles. The summed E-state index contributed by atoms with van der Waals surface area (Å²) >= 11 is 0. The molecule has 0 radical (unpaired) electrons. The van der Waals surface area contributed by atoms with E-state index < -0.39 is 52.3 Å². The molecule has 250 valence electrons. The van der Waals surface area contributed by atoms with Crippen molar-refractivity contribution in [3.8, 4) is 16.9 Å². The fraction of sp³-hybridized carbons (Fsp3) is 0.400. The minimum Gasteiger partial charge on any atom is -0.508 e. The number of hydrogen-bond donors (Lipinski definition) is 6. The number of hydrogen-bond acceptors (Lipinski definition) is 10. The van der Waals surface area contributed by atoms with Crippen LogP contribution in [-0.2, 0) is 16.0 Å². The number of phenols is 1. The number of nitrogens with zero attached hydrogens (tertiary/aromatic N) is 3. The van der Waals surface area contributed by atoms with Crippen LogP contribution in [0.2, 0.25) is 0 Å². The van der Waals surface area contributed by atoms with Crippen molar-refractivity contribution in [2.24, 2.45) is 17.6 Å². The Bertz CT molecular complexity index is 1760. The fourth-order valence-electron chi connectivity index (χ4n) is 7.41. The Balaban J connectivity index is 1.67. The number of aromatic hydroxyl groups is 1. The second-order valence-electron chi connectivity index (χ2n) is 13.3. The second-order valence-corrected chi connectivity index (χ2v) is 13.3. The van der Waals surface area contributed by atoms with Crippen LogP contribution < -0.4 is 16.0 Å². The molecule has 2 amide bonds. The zero-order valence-corrected chi connectivity index (χ0v) is 27.6. The van der Waals surface area contributed by atoms with Crippen LogP contribution in [-0.4, -0.2) is 115 Å². The molecule has 1 unspecified atom stereocenters. The number of Topliss-reactive ketones (excluding diaryl/α,β-unsaturated/α-hetero) is 1. The van der Waals surface area contributed by atoms with Crippen LogP contribution in [0.1, 0.15) is 27.9 Å². The first kappa shape index (κ1) is 33.7. The number of amides is 2. The van der Waals surface area contributed by atoms with Crippen LogP contribution in [0.4, 0.5) is 5.69 Å². The predicted octanol–water partition coefficient (Wildman–Crippen LogP) is 1.98. The molecule has 47 heavy (non-hydrogen) atoms. The van der Waals surface area contributed by atoms with Crippen molar-refractivity contribution in [1.82, 2.24) is 15.1 Å². The molecule has 0 bridgehead atoms. The number of carbonyl (C=O) groups is 3. The molecular formula is C35H43N5O7. The summed E-state index contributed by atoms with van der Waals surface area (Å²) in [5, 5.41) is 49.8. The summed E-state index contributed by atoms with van der Waals surface area (Å²) in [7, 11) is 10.8. The van der Waals surface area contributed by atoms with E-state index in [0.29, 0.717) is 41.8 Å². The van der Waals surface area contributed by atoms with Gasteiger partial charge in [-0.15, -0.1) is 0 Å². The number of anilines is 1. The number of likely N-dealkylation sites (N-methyl/N-ethyl adjacent to an activating group) is 2. The summed E-state index contributed by atoms with van der Waals surface area (Å²) in [6.45, 7) is 5.39. The minimum absolute atomic E-state index is 0.129. The molecule has 12 nitrogen and oxygen atoms in total. The second kappa shape index (κ2) is 12.2. The van der Waals surface area contributed by atoms with Gasteiger partial charge in [0.05, 0.1) is 6.04 Å². The third kappa shape index (κ3) is 5.35. The first-order valence-electron chi connectivity index (χ1n) is 15.4. The molecule has 0 saturated carbocycles. The van der Waals surface area contributed by atoms with Gasteiger partial charge in [0.25, 0.3) is 11.8 Å². The van der Waals surface area contributed by atoms with E-state index in [1.54, 1.807) is 38.4 Å². The van der Waals surface area contributed by atoms with Crippen LogP contribution in [0.3, 0.4) is 0 Å². The van der Waals surface area contributed by atoms with Gasteiger partial charge in [0.15, 0.2) is 11.4 Å². The van der Waals surface area contributed by atoms with Crippen molar-refractivity contribution < 1.29 is 34.8 Å². The SMILES string of the molecule is C=C1C2=C(O)[C@]3(O)C(O)=C(C(N)=O)C(=O)[C@@H](N(C)C)[C@@H]3CC2Cc2c(N(C)C)cc(-c3cccc(C(=O)NCCN(C)C)c3)c(O)c21. The molecule has 7 N–H and O–H groups in total. The molecule has 0 fully saturated rings. The monoisotopic (exact) mass is 645 g/mol. The van der Waals surface area contributed by atoms with Gasteiger partial charge in [0.1, 0.15) is 22.8 Å². The maximum atomic E-state index is 13.4. The highest BCUT2D eigenvalue weighted by Gasteiger charge is 2.62. The first-order valence-corrected chi connectivity index (χ1v) is 15.4. The number of aliphatic hydroxyl groups is 3. The smallest absolute Gasteiger partial charge is 0.255 e. The number of allylic oxidation sites excluding steroid dienone is 2. The molecule has 3 aliphatic rings. The number of carbonyl (C=O) groups excluding carboxylic acids is 3. The summed E-state index contributed by atoms with van der Waals surface area (Å²) < 4.78 is 0. The van der Waals surface area contributed by atoms with Crippen molar-refractivity contribution in [1.29, 1.82) is 0 Å². The average Bonchev–Trinajstić information content (AvgIpc) is 2.98. The summed E-state index contributed by atoms with van der Waals surface area (Å²) in [5.74, 6) is -5.43. The van der Waals surface area contributed by atoms with Crippen molar-refractivity contribution in [2.75, 3.05) is 60.3 Å². The Morgan fingerprint density at radius 2 is 1.74 bits per heavy atom.